The van der Waals surface area contributed by atoms with Gasteiger partial charge in [-0.1, -0.05) is 27.7 Å². The van der Waals surface area contributed by atoms with Crippen LogP contribution in [0.1, 0.15) is 40.5 Å². The minimum absolute atomic E-state index is 0.157. The first-order valence-corrected chi connectivity index (χ1v) is 5.53. The van der Waals surface area contributed by atoms with Crippen LogP contribution in [0.15, 0.2) is 0 Å². The van der Waals surface area contributed by atoms with Crippen molar-refractivity contribution >= 4 is 12.0 Å². The lowest BCUT2D eigenvalue weighted by Gasteiger charge is -2.19. The van der Waals surface area contributed by atoms with Crippen molar-refractivity contribution in [2.75, 3.05) is 6.54 Å². The van der Waals surface area contributed by atoms with Crippen LogP contribution in [0.2, 0.25) is 0 Å². The molecule has 0 saturated heterocycles. The number of rotatable bonds is 5. The highest BCUT2D eigenvalue weighted by Gasteiger charge is 2.17. The van der Waals surface area contributed by atoms with E-state index >= 15 is 0 Å². The van der Waals surface area contributed by atoms with E-state index in [0.717, 1.165) is 6.42 Å². The zero-order valence-corrected chi connectivity index (χ0v) is 10.5. The van der Waals surface area contributed by atoms with Crippen molar-refractivity contribution in [1.29, 1.82) is 0 Å². The summed E-state index contributed by atoms with van der Waals surface area (Å²) in [6.45, 7) is 8.51. The Labute approximate surface area is 96.6 Å². The van der Waals surface area contributed by atoms with Crippen LogP contribution < -0.4 is 10.6 Å². The van der Waals surface area contributed by atoms with Gasteiger partial charge < -0.3 is 15.7 Å². The van der Waals surface area contributed by atoms with E-state index in [2.05, 4.69) is 31.4 Å². The van der Waals surface area contributed by atoms with E-state index in [-0.39, 0.29) is 5.41 Å². The molecule has 0 fully saturated rings. The van der Waals surface area contributed by atoms with E-state index in [9.17, 15) is 9.59 Å². The van der Waals surface area contributed by atoms with Gasteiger partial charge in [0.1, 0.15) is 6.04 Å². The van der Waals surface area contributed by atoms with Gasteiger partial charge in [0.15, 0.2) is 0 Å². The minimum atomic E-state index is -1.01. The zero-order valence-electron chi connectivity index (χ0n) is 10.5. The molecule has 0 unspecified atom stereocenters. The third kappa shape index (κ3) is 7.09. The maximum absolute atomic E-state index is 11.3. The number of carbonyl (C=O) groups is 2. The second kappa shape index (κ2) is 6.35. The summed E-state index contributed by atoms with van der Waals surface area (Å²) in [5, 5.41) is 13.8. The quantitative estimate of drug-likeness (QED) is 0.671. The van der Waals surface area contributed by atoms with Crippen LogP contribution in [-0.2, 0) is 4.79 Å². The van der Waals surface area contributed by atoms with Crippen LogP contribution in [-0.4, -0.2) is 29.7 Å². The van der Waals surface area contributed by atoms with Crippen LogP contribution in [0.4, 0.5) is 4.79 Å². The molecule has 1 atom stereocenters. The van der Waals surface area contributed by atoms with Gasteiger partial charge >= 0.3 is 12.0 Å². The first kappa shape index (κ1) is 14.7. The number of hydrogen-bond donors (Lipinski definition) is 3. The molecule has 16 heavy (non-hydrogen) atoms. The van der Waals surface area contributed by atoms with E-state index in [0.29, 0.717) is 13.0 Å². The van der Waals surface area contributed by atoms with Gasteiger partial charge in [0, 0.05) is 6.54 Å². The smallest absolute Gasteiger partial charge is 0.326 e. The highest BCUT2D eigenvalue weighted by molar-refractivity contribution is 5.82. The predicted molar refractivity (Wildman–Crippen MR) is 62.3 cm³/mol. The average molecular weight is 230 g/mol. The number of carbonyl (C=O) groups excluding carboxylic acids is 1. The number of carboxylic acids is 1. The molecule has 2 amide bonds. The third-order valence-electron chi connectivity index (χ3n) is 2.17. The third-order valence-corrected chi connectivity index (χ3v) is 2.17. The fourth-order valence-corrected chi connectivity index (χ4v) is 1.10. The summed E-state index contributed by atoms with van der Waals surface area (Å²) in [5.74, 6) is -1.01. The Bertz CT molecular complexity index is 246. The summed E-state index contributed by atoms with van der Waals surface area (Å²) in [6.07, 6.45) is 1.23. The van der Waals surface area contributed by atoms with Gasteiger partial charge in [0.25, 0.3) is 0 Å². The topological polar surface area (TPSA) is 78.4 Å². The molecular formula is C11H22N2O3. The summed E-state index contributed by atoms with van der Waals surface area (Å²) >= 11 is 0. The van der Waals surface area contributed by atoms with E-state index in [4.69, 9.17) is 5.11 Å². The van der Waals surface area contributed by atoms with E-state index < -0.39 is 18.0 Å². The lowest BCUT2D eigenvalue weighted by atomic mass is 9.92. The second-order valence-electron chi connectivity index (χ2n) is 5.01. The summed E-state index contributed by atoms with van der Waals surface area (Å²) in [4.78, 5) is 22.0. The van der Waals surface area contributed by atoms with Gasteiger partial charge in [-0.2, -0.15) is 0 Å². The van der Waals surface area contributed by atoms with Gasteiger partial charge in [-0.25, -0.2) is 9.59 Å². The van der Waals surface area contributed by atoms with Crippen molar-refractivity contribution in [3.63, 3.8) is 0 Å². The standard InChI is InChI=1S/C11H22N2O3/c1-5-8(9(14)15)13-10(16)12-7-6-11(2,3)4/h8H,5-7H2,1-4H3,(H,14,15)(H2,12,13,16)/t8-/m0/s1. The molecule has 0 bridgehead atoms. The minimum Gasteiger partial charge on any atom is -0.480 e. The molecule has 3 N–H and O–H groups in total. The van der Waals surface area contributed by atoms with E-state index in [1.807, 2.05) is 0 Å². The Morgan fingerprint density at radius 2 is 1.88 bits per heavy atom. The Balaban J connectivity index is 3.86. The van der Waals surface area contributed by atoms with Crippen molar-refractivity contribution in [2.45, 2.75) is 46.6 Å². The molecule has 0 aromatic carbocycles. The Kier molecular flexibility index (Phi) is 5.85. The predicted octanol–water partition coefficient (Wildman–Crippen LogP) is 1.58. The molecule has 5 heteroatoms. The van der Waals surface area contributed by atoms with Crippen LogP contribution in [0, 0.1) is 5.41 Å². The number of aliphatic carboxylic acids is 1. The fraction of sp³-hybridized carbons (Fsp3) is 0.818. The van der Waals surface area contributed by atoms with E-state index in [1.165, 1.54) is 0 Å². The van der Waals surface area contributed by atoms with Gasteiger partial charge in [0.05, 0.1) is 0 Å². The fourth-order valence-electron chi connectivity index (χ4n) is 1.10. The van der Waals surface area contributed by atoms with Crippen molar-refractivity contribution in [3.8, 4) is 0 Å². The van der Waals surface area contributed by atoms with Crippen molar-refractivity contribution in [2.24, 2.45) is 5.41 Å². The van der Waals surface area contributed by atoms with Gasteiger partial charge in [-0.15, -0.1) is 0 Å². The van der Waals surface area contributed by atoms with Crippen molar-refractivity contribution < 1.29 is 14.7 Å². The molecule has 0 heterocycles. The monoisotopic (exact) mass is 230 g/mol. The summed E-state index contributed by atoms with van der Waals surface area (Å²) in [6, 6.07) is -1.23. The zero-order chi connectivity index (χ0) is 12.8. The molecule has 94 valence electrons. The largest absolute Gasteiger partial charge is 0.480 e. The number of amides is 2. The van der Waals surface area contributed by atoms with Gasteiger partial charge in [-0.05, 0) is 18.3 Å². The molecule has 0 aliphatic carbocycles. The van der Waals surface area contributed by atoms with Crippen LogP contribution in [0.5, 0.6) is 0 Å². The number of nitrogens with one attached hydrogen (secondary N) is 2. The molecular weight excluding hydrogens is 208 g/mol. The first-order chi connectivity index (χ1) is 7.26. The average Bonchev–Trinajstić information content (AvgIpc) is 2.11. The van der Waals surface area contributed by atoms with Crippen molar-refractivity contribution in [1.82, 2.24) is 10.6 Å². The normalized spacial score (nSPS) is 13.0. The number of carboxylic acid groups (broad SMARTS) is 1. The van der Waals surface area contributed by atoms with Crippen LogP contribution in [0.25, 0.3) is 0 Å². The van der Waals surface area contributed by atoms with E-state index in [1.54, 1.807) is 6.92 Å². The summed E-state index contributed by atoms with van der Waals surface area (Å²) in [5.41, 5.74) is 0.157. The maximum Gasteiger partial charge on any atom is 0.326 e. The second-order valence-corrected chi connectivity index (χ2v) is 5.01. The SMILES string of the molecule is CC[C@H](NC(=O)NCCC(C)(C)C)C(=O)O. The first-order valence-electron chi connectivity index (χ1n) is 5.53. The highest BCUT2D eigenvalue weighted by atomic mass is 16.4. The molecule has 5 nitrogen and oxygen atoms in total. The molecule has 0 aromatic rings. The lowest BCUT2D eigenvalue weighted by molar-refractivity contribution is -0.139. The molecule has 0 aliphatic rings. The summed E-state index contributed by atoms with van der Waals surface area (Å²) in [7, 11) is 0. The Hall–Kier alpha value is -1.26. The van der Waals surface area contributed by atoms with Crippen molar-refractivity contribution in [3.05, 3.63) is 0 Å². The lowest BCUT2D eigenvalue weighted by Crippen LogP contribution is -2.46. The van der Waals surface area contributed by atoms with Gasteiger partial charge in [-0.3, -0.25) is 0 Å². The highest BCUT2D eigenvalue weighted by Crippen LogP contribution is 2.16. The Morgan fingerprint density at radius 1 is 1.31 bits per heavy atom. The molecule has 0 aliphatic heterocycles. The molecule has 0 saturated carbocycles. The van der Waals surface area contributed by atoms with Gasteiger partial charge in [0.2, 0.25) is 0 Å². The summed E-state index contributed by atoms with van der Waals surface area (Å²) < 4.78 is 0. The molecule has 0 radical (unpaired) electrons. The maximum atomic E-state index is 11.3. The molecule has 0 spiro atoms. The Morgan fingerprint density at radius 3 is 2.25 bits per heavy atom. The molecule has 0 aromatic heterocycles. The number of urea groups is 1. The molecule has 0 rings (SSSR count). The number of hydrogen-bond acceptors (Lipinski definition) is 2. The van der Waals surface area contributed by atoms with Crippen LogP contribution >= 0.6 is 0 Å². The van der Waals surface area contributed by atoms with Crippen LogP contribution in [0.3, 0.4) is 0 Å².